The van der Waals surface area contributed by atoms with Gasteiger partial charge in [0, 0.05) is 49.4 Å². The number of fused-ring (bicyclic) bond motifs is 3. The van der Waals surface area contributed by atoms with Crippen LogP contribution >= 0.6 is 0 Å². The summed E-state index contributed by atoms with van der Waals surface area (Å²) in [6, 6.07) is 14.1. The third-order valence-corrected chi connectivity index (χ3v) is 12.1. The van der Waals surface area contributed by atoms with Gasteiger partial charge in [-0.15, -0.1) is 5.10 Å². The van der Waals surface area contributed by atoms with Gasteiger partial charge in [0.2, 0.25) is 5.91 Å². The van der Waals surface area contributed by atoms with Crippen molar-refractivity contribution >= 4 is 17.7 Å². The van der Waals surface area contributed by atoms with Crippen LogP contribution in [0.25, 0.3) is 0 Å². The van der Waals surface area contributed by atoms with Crippen LogP contribution in [-0.4, -0.2) is 104 Å². The van der Waals surface area contributed by atoms with E-state index in [1.807, 2.05) is 21.9 Å². The van der Waals surface area contributed by atoms with Crippen molar-refractivity contribution in [3.8, 4) is 6.07 Å². The third-order valence-electron chi connectivity index (χ3n) is 12.1. The van der Waals surface area contributed by atoms with Crippen molar-refractivity contribution in [1.82, 2.24) is 40.6 Å². The van der Waals surface area contributed by atoms with E-state index in [-0.39, 0.29) is 42.4 Å². The average molecular weight is 690 g/mol. The molecule has 5 aliphatic rings. The molecule has 266 valence electrons. The summed E-state index contributed by atoms with van der Waals surface area (Å²) < 4.78 is 0. The number of aromatic amines is 1. The van der Waals surface area contributed by atoms with Gasteiger partial charge in [-0.3, -0.25) is 14.4 Å². The summed E-state index contributed by atoms with van der Waals surface area (Å²) in [7, 11) is 0. The first-order chi connectivity index (χ1) is 24.9. The zero-order chi connectivity index (χ0) is 35.1. The molecule has 3 aromatic rings. The van der Waals surface area contributed by atoms with Crippen molar-refractivity contribution in [2.75, 3.05) is 32.7 Å². The number of hydrogen-bond donors (Lipinski definition) is 2. The van der Waals surface area contributed by atoms with E-state index >= 15 is 0 Å². The maximum absolute atomic E-state index is 13.7. The first-order valence-corrected chi connectivity index (χ1v) is 18.9. The molecule has 12 nitrogen and oxygen atoms in total. The van der Waals surface area contributed by atoms with Crippen LogP contribution < -0.4 is 5.32 Å². The molecule has 1 saturated carbocycles. The number of carbonyl (C=O) groups excluding carboxylic acids is 3. The predicted octanol–water partition coefficient (Wildman–Crippen LogP) is 3.77. The van der Waals surface area contributed by atoms with E-state index in [4.69, 9.17) is 0 Å². The first kappa shape index (κ1) is 33.5. The third kappa shape index (κ3) is 6.19. The molecule has 3 amide bonds. The predicted molar refractivity (Wildman–Crippen MR) is 189 cm³/mol. The second-order valence-corrected chi connectivity index (χ2v) is 15.3. The molecule has 3 aliphatic heterocycles. The lowest BCUT2D eigenvalue weighted by atomic mass is 9.67. The summed E-state index contributed by atoms with van der Waals surface area (Å²) in [5.41, 5.74) is 4.60. The van der Waals surface area contributed by atoms with Gasteiger partial charge in [0.15, 0.2) is 5.82 Å². The van der Waals surface area contributed by atoms with Crippen LogP contribution in [0.5, 0.6) is 0 Å². The molecule has 1 aromatic heterocycles. The molecule has 2 N–H and O–H groups in total. The molecule has 12 heteroatoms. The van der Waals surface area contributed by atoms with E-state index in [0.29, 0.717) is 42.1 Å². The van der Waals surface area contributed by atoms with Crippen molar-refractivity contribution in [2.45, 2.75) is 101 Å². The van der Waals surface area contributed by atoms with Gasteiger partial charge in [0.1, 0.15) is 6.04 Å². The number of rotatable bonds is 8. The molecule has 3 saturated heterocycles. The van der Waals surface area contributed by atoms with E-state index in [1.54, 1.807) is 4.90 Å². The minimum Gasteiger partial charge on any atom is -0.339 e. The number of H-pyrrole nitrogens is 1. The Hall–Kier alpha value is -4.63. The van der Waals surface area contributed by atoms with Gasteiger partial charge >= 0.3 is 0 Å². The number of benzene rings is 2. The summed E-state index contributed by atoms with van der Waals surface area (Å²) in [6.45, 7) is 5.30. The summed E-state index contributed by atoms with van der Waals surface area (Å²) in [4.78, 5) is 46.7. The molecule has 0 unspecified atom stereocenters. The van der Waals surface area contributed by atoms with E-state index in [9.17, 15) is 19.6 Å². The largest absolute Gasteiger partial charge is 0.339 e. The lowest BCUT2D eigenvalue weighted by Crippen LogP contribution is -2.46. The quantitative estimate of drug-likeness (QED) is 0.363. The van der Waals surface area contributed by atoms with Crippen LogP contribution in [0.3, 0.4) is 0 Å². The minimum absolute atomic E-state index is 0.0443. The number of piperidine rings is 3. The van der Waals surface area contributed by atoms with Gasteiger partial charge in [0.25, 0.3) is 11.8 Å². The number of aryl methyl sites for hydroxylation is 2. The van der Waals surface area contributed by atoms with E-state index in [1.165, 1.54) is 0 Å². The number of nitriles is 1. The van der Waals surface area contributed by atoms with Crippen LogP contribution in [0.4, 0.5) is 0 Å². The summed E-state index contributed by atoms with van der Waals surface area (Å²) in [6.07, 6.45) is 10.0. The lowest BCUT2D eigenvalue weighted by Gasteiger charge is -2.37. The monoisotopic (exact) mass is 689 g/mol. The number of carbonyl (C=O) groups is 3. The van der Waals surface area contributed by atoms with Gasteiger partial charge in [-0.1, -0.05) is 12.1 Å². The van der Waals surface area contributed by atoms with Crippen LogP contribution in [0, 0.1) is 17.2 Å². The number of hydrogen-bond acceptors (Lipinski definition) is 8. The van der Waals surface area contributed by atoms with Crippen LogP contribution in [0.1, 0.15) is 114 Å². The maximum atomic E-state index is 13.7. The number of amides is 3. The molecular weight excluding hydrogens is 642 g/mol. The van der Waals surface area contributed by atoms with Gasteiger partial charge in [-0.2, -0.15) is 5.26 Å². The smallest absolute Gasteiger partial charge is 0.253 e. The van der Waals surface area contributed by atoms with Crippen LogP contribution in [-0.2, 0) is 23.1 Å². The maximum Gasteiger partial charge on any atom is 0.253 e. The Bertz CT molecular complexity index is 1760. The number of tetrazole rings is 1. The SMILES string of the molecule is C[C@@H](CC1(c2nnn[nH]2)c2ccc(C(=O)N3CCCCC3)cc2CCc2cc(C(=O)N3CCCCC3)ccc21)NCC(=O)N1[C@H](C#N)C[C@@H]2C[C@@H]21. The Kier molecular flexibility index (Phi) is 9.09. The molecule has 2 aromatic carbocycles. The molecule has 0 spiro atoms. The Morgan fingerprint density at radius 3 is 2.02 bits per heavy atom. The van der Waals surface area contributed by atoms with Crippen molar-refractivity contribution in [3.05, 3.63) is 75.6 Å². The van der Waals surface area contributed by atoms with E-state index in [0.717, 1.165) is 99.8 Å². The number of nitrogens with one attached hydrogen (secondary N) is 2. The van der Waals surface area contributed by atoms with Gasteiger partial charge in [-0.05, 0) is 140 Å². The Morgan fingerprint density at radius 2 is 1.49 bits per heavy atom. The number of likely N-dealkylation sites (tertiary alicyclic amines) is 3. The van der Waals surface area contributed by atoms with Gasteiger partial charge in [0.05, 0.1) is 18.0 Å². The summed E-state index contributed by atoms with van der Waals surface area (Å²) in [5, 5.41) is 28.9. The van der Waals surface area contributed by atoms with Gasteiger partial charge in [-0.25, -0.2) is 5.10 Å². The van der Waals surface area contributed by atoms with Crippen molar-refractivity contribution < 1.29 is 14.4 Å². The molecule has 4 atom stereocenters. The molecule has 51 heavy (non-hydrogen) atoms. The molecule has 0 bridgehead atoms. The number of aromatic nitrogens is 4. The fraction of sp³-hybridized carbons (Fsp3) is 0.564. The Labute approximate surface area is 298 Å². The van der Waals surface area contributed by atoms with E-state index in [2.05, 4.69) is 63.2 Å². The topological polar surface area (TPSA) is 151 Å². The molecular formula is C39H47N9O3. The standard InChI is InChI=1S/C39H47N9O3/c1-25(41-24-35(49)48-31(23-40)20-30-21-34(30)48)22-39(38-42-44-45-43-38)32-12-10-28(36(50)46-14-4-2-5-15-46)18-26(32)8-9-27-19-29(11-13-33(27)39)37(51)47-16-6-3-7-17-47/h10-13,18-19,25,30-31,34,41H,2-9,14-17,20-22,24H2,1H3,(H,42,43,44,45)/t25-,30+,31-,34-/m0/s1. The van der Waals surface area contributed by atoms with Crippen LogP contribution in [0.15, 0.2) is 36.4 Å². The average Bonchev–Trinajstić information content (AvgIpc) is 3.55. The highest BCUT2D eigenvalue weighted by molar-refractivity contribution is 5.95. The van der Waals surface area contributed by atoms with E-state index < -0.39 is 5.41 Å². The highest BCUT2D eigenvalue weighted by atomic mass is 16.2. The zero-order valence-electron chi connectivity index (χ0n) is 29.4. The second-order valence-electron chi connectivity index (χ2n) is 15.3. The molecule has 8 rings (SSSR count). The highest BCUT2D eigenvalue weighted by Crippen LogP contribution is 2.48. The van der Waals surface area contributed by atoms with Gasteiger partial charge < -0.3 is 20.0 Å². The van der Waals surface area contributed by atoms with Crippen molar-refractivity contribution in [3.63, 3.8) is 0 Å². The first-order valence-electron chi connectivity index (χ1n) is 18.9. The fourth-order valence-electron chi connectivity index (χ4n) is 9.40. The molecule has 4 heterocycles. The summed E-state index contributed by atoms with van der Waals surface area (Å²) >= 11 is 0. The normalized spacial score (nSPS) is 24.1. The second kappa shape index (κ2) is 13.8. The van der Waals surface area contributed by atoms with Crippen molar-refractivity contribution in [2.24, 2.45) is 5.92 Å². The zero-order valence-corrected chi connectivity index (χ0v) is 29.4. The minimum atomic E-state index is -0.871. The molecule has 2 aliphatic carbocycles. The summed E-state index contributed by atoms with van der Waals surface area (Å²) in [5.74, 6) is 1.10. The Balaban J connectivity index is 1.17. The molecule has 0 radical (unpaired) electrons. The molecule has 4 fully saturated rings. The van der Waals surface area contributed by atoms with Crippen LogP contribution in [0.2, 0.25) is 0 Å². The van der Waals surface area contributed by atoms with Crippen molar-refractivity contribution in [1.29, 1.82) is 5.26 Å². The number of nitrogens with zero attached hydrogens (tertiary/aromatic N) is 7. The Morgan fingerprint density at radius 1 is 0.902 bits per heavy atom. The highest BCUT2D eigenvalue weighted by Gasteiger charge is 2.54. The lowest BCUT2D eigenvalue weighted by molar-refractivity contribution is -0.131. The fourth-order valence-corrected chi connectivity index (χ4v) is 9.40.